The summed E-state index contributed by atoms with van der Waals surface area (Å²) in [6.07, 6.45) is 3.19. The molecule has 4 aromatic rings. The van der Waals surface area contributed by atoms with Crippen molar-refractivity contribution in [1.82, 2.24) is 15.2 Å². The number of carbonyl (C=O) groups excluding carboxylic acids is 2. The van der Waals surface area contributed by atoms with Gasteiger partial charge in [-0.15, -0.1) is 34.7 Å². The molecule has 256 valence electrons. The number of nitrogens with one attached hydrogen (secondary N) is 2. The molecule has 3 aromatic carbocycles. The summed E-state index contributed by atoms with van der Waals surface area (Å²) >= 11 is 8.28. The number of amides is 2. The van der Waals surface area contributed by atoms with E-state index in [9.17, 15) is 23.9 Å². The van der Waals surface area contributed by atoms with Crippen LogP contribution in [0.5, 0.6) is 0 Å². The summed E-state index contributed by atoms with van der Waals surface area (Å²) in [5, 5.41) is 21.5. The molecule has 2 atom stereocenters. The Kier molecular flexibility index (Phi) is 11.0. The number of halogens is 2. The average molecular weight is 732 g/mol. The van der Waals surface area contributed by atoms with Gasteiger partial charge in [0.15, 0.2) is 10.8 Å². The van der Waals surface area contributed by atoms with Gasteiger partial charge < -0.3 is 20.6 Å². The van der Waals surface area contributed by atoms with Crippen LogP contribution in [-0.4, -0.2) is 74.8 Å². The van der Waals surface area contributed by atoms with Gasteiger partial charge >= 0.3 is 5.97 Å². The van der Waals surface area contributed by atoms with E-state index in [-0.39, 0.29) is 23.0 Å². The van der Waals surface area contributed by atoms with Crippen LogP contribution in [0.4, 0.5) is 9.52 Å². The van der Waals surface area contributed by atoms with E-state index in [0.717, 1.165) is 21.6 Å². The number of carboxylic acid groups (broad SMARTS) is 1. The molecule has 2 aliphatic rings. The zero-order valence-corrected chi connectivity index (χ0v) is 28.8. The summed E-state index contributed by atoms with van der Waals surface area (Å²) in [7, 11) is 0. The number of carbonyl (C=O) groups is 3. The van der Waals surface area contributed by atoms with Gasteiger partial charge in [-0.3, -0.25) is 14.5 Å². The van der Waals surface area contributed by atoms with Crippen molar-refractivity contribution in [2.45, 2.75) is 17.0 Å². The maximum Gasteiger partial charge on any atom is 0.352 e. The van der Waals surface area contributed by atoms with Crippen LogP contribution in [0, 0.1) is 0 Å². The van der Waals surface area contributed by atoms with E-state index < -0.39 is 48.0 Å². The fraction of sp³-hybridized carbons (Fsp3) is 0.194. The van der Waals surface area contributed by atoms with Gasteiger partial charge in [0.05, 0.1) is 0 Å². The van der Waals surface area contributed by atoms with Crippen LogP contribution in [0.15, 0.2) is 125 Å². The molecule has 6 rings (SSSR count). The highest BCUT2D eigenvalue weighted by atomic mass is 35.5. The molecule has 2 aliphatic heterocycles. The number of hydrogen-bond donors (Lipinski definition) is 3. The minimum atomic E-state index is -1.26. The minimum Gasteiger partial charge on any atom is -0.477 e. The SMILES string of the molecule is O=C(O)C1=C(C=CCCl)CS[C@H]2[C@H](NC(=O)C(=NOCCF)c3csc(NC(c4ccccc4)(c4ccccc4)c4ccccc4)n3)C(=O)N12. The zero-order chi connectivity index (χ0) is 35.1. The summed E-state index contributed by atoms with van der Waals surface area (Å²) in [6.45, 7) is -1.24. The zero-order valence-electron chi connectivity index (χ0n) is 26.4. The Hall–Kier alpha value is -4.98. The number of hydrogen-bond acceptors (Lipinski definition) is 9. The second-order valence-electron chi connectivity index (χ2n) is 11.1. The van der Waals surface area contributed by atoms with Crippen molar-refractivity contribution < 1.29 is 28.7 Å². The lowest BCUT2D eigenvalue weighted by molar-refractivity contribution is -0.150. The van der Waals surface area contributed by atoms with Crippen LogP contribution in [0.3, 0.4) is 0 Å². The normalized spacial score (nSPS) is 17.7. The minimum absolute atomic E-state index is 0.136. The van der Waals surface area contributed by atoms with E-state index in [0.29, 0.717) is 16.5 Å². The molecule has 3 N–H and O–H groups in total. The van der Waals surface area contributed by atoms with Gasteiger partial charge in [-0.25, -0.2) is 14.2 Å². The Morgan fingerprint density at radius 2 is 1.64 bits per heavy atom. The van der Waals surface area contributed by atoms with Crippen molar-refractivity contribution in [2.24, 2.45) is 5.16 Å². The number of benzene rings is 3. The van der Waals surface area contributed by atoms with Crippen molar-refractivity contribution in [2.75, 3.05) is 30.2 Å². The quantitative estimate of drug-likeness (QED) is 0.0372. The molecule has 50 heavy (non-hydrogen) atoms. The van der Waals surface area contributed by atoms with Crippen LogP contribution in [0.25, 0.3) is 0 Å². The first kappa shape index (κ1) is 34.9. The first-order valence-electron chi connectivity index (χ1n) is 15.5. The Morgan fingerprint density at radius 3 is 2.18 bits per heavy atom. The van der Waals surface area contributed by atoms with Gasteiger partial charge in [0.25, 0.3) is 11.8 Å². The number of alkyl halides is 2. The number of anilines is 1. The van der Waals surface area contributed by atoms with Gasteiger partial charge in [0.1, 0.15) is 41.6 Å². The van der Waals surface area contributed by atoms with Crippen molar-refractivity contribution >= 4 is 63.3 Å². The number of thioether (sulfide) groups is 1. The number of aromatic nitrogens is 1. The Morgan fingerprint density at radius 1 is 1.04 bits per heavy atom. The van der Waals surface area contributed by atoms with Crippen LogP contribution in [0.1, 0.15) is 22.4 Å². The van der Waals surface area contributed by atoms with Crippen LogP contribution in [0.2, 0.25) is 0 Å². The van der Waals surface area contributed by atoms with E-state index in [1.54, 1.807) is 17.5 Å². The van der Waals surface area contributed by atoms with Crippen molar-refractivity contribution in [3.8, 4) is 0 Å². The first-order chi connectivity index (χ1) is 24.4. The molecule has 1 saturated heterocycles. The molecule has 0 radical (unpaired) electrons. The number of nitrogens with zero attached hydrogens (tertiary/aromatic N) is 3. The maximum atomic E-state index is 13.7. The maximum absolute atomic E-state index is 13.7. The van der Waals surface area contributed by atoms with Gasteiger partial charge in [0.2, 0.25) is 0 Å². The second-order valence-corrected chi connectivity index (χ2v) is 13.3. The van der Waals surface area contributed by atoms with Crippen molar-refractivity contribution in [1.29, 1.82) is 0 Å². The molecule has 0 bridgehead atoms. The Bertz CT molecular complexity index is 1840. The predicted molar refractivity (Wildman–Crippen MR) is 193 cm³/mol. The fourth-order valence-corrected chi connectivity index (χ4v) is 8.06. The monoisotopic (exact) mass is 731 g/mol. The van der Waals surface area contributed by atoms with Gasteiger partial charge in [-0.05, 0) is 22.3 Å². The first-order valence-corrected chi connectivity index (χ1v) is 18.0. The standard InChI is InChI=1S/C36H31ClFN5O5S2/c37-18-10-11-23-21-49-33-29(32(45)43(33)30(23)34(46)47)40-31(44)28(42-48-20-19-38)27-22-50-35(39-27)41-36(24-12-4-1-5-13-24,25-14-6-2-7-15-25)26-16-8-3-9-17-26/h1-17,22,29,33H,18-21H2,(H,39,41)(H,40,44)(H,46,47)/t29-,33+/m1/s1. The highest BCUT2D eigenvalue weighted by Gasteiger charge is 2.54. The number of rotatable bonds is 14. The lowest BCUT2D eigenvalue weighted by Gasteiger charge is -2.49. The largest absolute Gasteiger partial charge is 0.477 e. The van der Waals surface area contributed by atoms with Gasteiger partial charge in [0, 0.05) is 17.0 Å². The van der Waals surface area contributed by atoms with Crippen LogP contribution >= 0.6 is 34.7 Å². The fourth-order valence-electron chi connectivity index (χ4n) is 5.90. The summed E-state index contributed by atoms with van der Waals surface area (Å²) in [5.41, 5.74) is 2.11. The molecule has 1 aromatic heterocycles. The van der Waals surface area contributed by atoms with Crippen molar-refractivity contribution in [3.05, 3.63) is 142 Å². The molecule has 10 nitrogen and oxygen atoms in total. The highest BCUT2D eigenvalue weighted by molar-refractivity contribution is 8.00. The van der Waals surface area contributed by atoms with Gasteiger partial charge in [-0.1, -0.05) is 108 Å². The average Bonchev–Trinajstić information content (AvgIpc) is 3.62. The van der Waals surface area contributed by atoms with Crippen molar-refractivity contribution in [3.63, 3.8) is 0 Å². The Balaban J connectivity index is 1.31. The molecular weight excluding hydrogens is 701 g/mol. The van der Waals surface area contributed by atoms with E-state index in [1.807, 2.05) is 91.0 Å². The number of β-lactam (4-membered cyclic amide) rings is 1. The highest BCUT2D eigenvalue weighted by Crippen LogP contribution is 2.42. The lowest BCUT2D eigenvalue weighted by atomic mass is 9.77. The third kappa shape index (κ3) is 6.89. The molecule has 0 spiro atoms. The molecule has 0 saturated carbocycles. The Labute approximate surface area is 300 Å². The molecule has 3 heterocycles. The number of allylic oxidation sites excluding steroid dienone is 2. The molecule has 0 aliphatic carbocycles. The third-order valence-corrected chi connectivity index (χ3v) is 10.3. The van der Waals surface area contributed by atoms with E-state index in [2.05, 4.69) is 15.8 Å². The summed E-state index contributed by atoms with van der Waals surface area (Å²) in [4.78, 5) is 50.1. The second kappa shape index (κ2) is 15.7. The molecule has 1 fully saturated rings. The predicted octanol–water partition coefficient (Wildman–Crippen LogP) is 5.77. The third-order valence-electron chi connectivity index (χ3n) is 8.10. The number of thiazole rings is 1. The summed E-state index contributed by atoms with van der Waals surface area (Å²) in [6, 6.07) is 28.7. The van der Waals surface area contributed by atoms with Crippen LogP contribution < -0.4 is 10.6 Å². The van der Waals surface area contributed by atoms with E-state index >= 15 is 0 Å². The van der Waals surface area contributed by atoms with Crippen LogP contribution in [-0.2, 0) is 24.8 Å². The molecule has 0 unspecified atom stereocenters. The van der Waals surface area contributed by atoms with E-state index in [4.69, 9.17) is 21.4 Å². The lowest BCUT2D eigenvalue weighted by Crippen LogP contribution is -2.71. The number of carboxylic acids is 1. The number of fused-ring (bicyclic) bond motifs is 1. The summed E-state index contributed by atoms with van der Waals surface area (Å²) in [5.74, 6) is -2.15. The van der Waals surface area contributed by atoms with E-state index in [1.165, 1.54) is 23.1 Å². The van der Waals surface area contributed by atoms with Gasteiger partial charge in [-0.2, -0.15) is 0 Å². The molecular formula is C36H31ClFN5O5S2. The number of aliphatic carboxylic acids is 1. The smallest absolute Gasteiger partial charge is 0.352 e. The number of oxime groups is 1. The molecule has 14 heteroatoms. The topological polar surface area (TPSA) is 133 Å². The summed E-state index contributed by atoms with van der Waals surface area (Å²) < 4.78 is 13.0. The molecule has 2 amide bonds.